The molecule has 90 valence electrons. The van der Waals surface area contributed by atoms with Gasteiger partial charge in [0.1, 0.15) is 11.3 Å². The summed E-state index contributed by atoms with van der Waals surface area (Å²) < 4.78 is 10.3. The van der Waals surface area contributed by atoms with Crippen molar-refractivity contribution in [3.63, 3.8) is 0 Å². The normalized spacial score (nSPS) is 10.7. The van der Waals surface area contributed by atoms with E-state index in [9.17, 15) is 4.79 Å². The predicted molar refractivity (Wildman–Crippen MR) is 66.7 cm³/mol. The van der Waals surface area contributed by atoms with Crippen molar-refractivity contribution >= 4 is 11.0 Å². The molecule has 0 amide bonds. The molecule has 0 unspecified atom stereocenters. The van der Waals surface area contributed by atoms with E-state index >= 15 is 0 Å². The molecule has 0 saturated carbocycles. The second-order valence-electron chi connectivity index (χ2n) is 3.81. The third-order valence-electron chi connectivity index (χ3n) is 2.68. The lowest BCUT2D eigenvalue weighted by Crippen LogP contribution is -2.12. The third kappa shape index (κ3) is 2.47. The van der Waals surface area contributed by atoms with Crippen LogP contribution in [0.2, 0.25) is 0 Å². The standard InChI is InChI=1S/C13H15NO3/c1-14-6-5-9-7-13(15)17-12-8-10(16-2)3-4-11(9)12/h3-4,7-8,14H,5-6H2,1-2H3. The van der Waals surface area contributed by atoms with E-state index < -0.39 is 0 Å². The molecule has 0 atom stereocenters. The van der Waals surface area contributed by atoms with Crippen molar-refractivity contribution in [2.45, 2.75) is 6.42 Å². The van der Waals surface area contributed by atoms with Crippen molar-refractivity contribution in [2.75, 3.05) is 20.7 Å². The molecule has 17 heavy (non-hydrogen) atoms. The van der Waals surface area contributed by atoms with Crippen LogP contribution in [0, 0.1) is 0 Å². The van der Waals surface area contributed by atoms with E-state index in [-0.39, 0.29) is 5.63 Å². The Labute approximate surface area is 99.2 Å². The molecule has 1 aromatic carbocycles. The molecular formula is C13H15NO3. The van der Waals surface area contributed by atoms with Gasteiger partial charge in [-0.25, -0.2) is 4.79 Å². The average molecular weight is 233 g/mol. The summed E-state index contributed by atoms with van der Waals surface area (Å²) >= 11 is 0. The van der Waals surface area contributed by atoms with E-state index in [1.165, 1.54) is 0 Å². The Morgan fingerprint density at radius 3 is 2.88 bits per heavy atom. The second kappa shape index (κ2) is 5.01. The summed E-state index contributed by atoms with van der Waals surface area (Å²) in [4.78, 5) is 11.4. The molecule has 0 aliphatic rings. The van der Waals surface area contributed by atoms with E-state index in [1.807, 2.05) is 19.2 Å². The molecule has 0 saturated heterocycles. The van der Waals surface area contributed by atoms with Gasteiger partial charge in [0.25, 0.3) is 0 Å². The van der Waals surface area contributed by atoms with Gasteiger partial charge in [0.2, 0.25) is 0 Å². The molecule has 0 radical (unpaired) electrons. The third-order valence-corrected chi connectivity index (χ3v) is 2.68. The zero-order valence-corrected chi connectivity index (χ0v) is 9.95. The van der Waals surface area contributed by atoms with Gasteiger partial charge in [-0.05, 0) is 37.7 Å². The van der Waals surface area contributed by atoms with E-state index in [0.717, 1.165) is 23.9 Å². The zero-order chi connectivity index (χ0) is 12.3. The fourth-order valence-electron chi connectivity index (χ4n) is 1.80. The van der Waals surface area contributed by atoms with Gasteiger partial charge < -0.3 is 14.5 Å². The molecule has 4 heteroatoms. The molecule has 2 rings (SSSR count). The summed E-state index contributed by atoms with van der Waals surface area (Å²) in [6.07, 6.45) is 0.797. The fraction of sp³-hybridized carbons (Fsp3) is 0.308. The number of hydrogen-bond acceptors (Lipinski definition) is 4. The zero-order valence-electron chi connectivity index (χ0n) is 9.95. The highest BCUT2D eigenvalue weighted by molar-refractivity contribution is 5.81. The predicted octanol–water partition coefficient (Wildman–Crippen LogP) is 1.56. The van der Waals surface area contributed by atoms with Crippen LogP contribution in [0.5, 0.6) is 5.75 Å². The van der Waals surface area contributed by atoms with Crippen LogP contribution in [0.15, 0.2) is 33.5 Å². The second-order valence-corrected chi connectivity index (χ2v) is 3.81. The molecule has 0 spiro atoms. The number of hydrogen-bond donors (Lipinski definition) is 1. The van der Waals surface area contributed by atoms with Gasteiger partial charge in [-0.15, -0.1) is 0 Å². The fourth-order valence-corrected chi connectivity index (χ4v) is 1.80. The minimum Gasteiger partial charge on any atom is -0.497 e. The van der Waals surface area contributed by atoms with Crippen LogP contribution >= 0.6 is 0 Å². The Morgan fingerprint density at radius 1 is 1.35 bits per heavy atom. The number of methoxy groups -OCH3 is 1. The molecule has 4 nitrogen and oxygen atoms in total. The quantitative estimate of drug-likeness (QED) is 0.814. The topological polar surface area (TPSA) is 51.5 Å². The van der Waals surface area contributed by atoms with Gasteiger partial charge in [0.05, 0.1) is 7.11 Å². The number of ether oxygens (including phenoxy) is 1. The summed E-state index contributed by atoms with van der Waals surface area (Å²) in [5, 5.41) is 4.02. The van der Waals surface area contributed by atoms with E-state index in [0.29, 0.717) is 11.3 Å². The maximum atomic E-state index is 11.4. The lowest BCUT2D eigenvalue weighted by molar-refractivity contribution is 0.414. The van der Waals surface area contributed by atoms with Crippen molar-refractivity contribution in [2.24, 2.45) is 0 Å². The van der Waals surface area contributed by atoms with Crippen molar-refractivity contribution in [3.05, 3.63) is 40.2 Å². The number of benzene rings is 1. The van der Waals surface area contributed by atoms with E-state index in [2.05, 4.69) is 5.32 Å². The van der Waals surface area contributed by atoms with Gasteiger partial charge in [-0.1, -0.05) is 0 Å². The van der Waals surface area contributed by atoms with Crippen LogP contribution in [0.4, 0.5) is 0 Å². The molecule has 0 aliphatic carbocycles. The SMILES string of the molecule is CNCCc1cc(=O)oc2cc(OC)ccc12. The number of rotatable bonds is 4. The van der Waals surface area contributed by atoms with Crippen molar-refractivity contribution in [3.8, 4) is 5.75 Å². The monoisotopic (exact) mass is 233 g/mol. The van der Waals surface area contributed by atoms with E-state index in [4.69, 9.17) is 9.15 Å². The van der Waals surface area contributed by atoms with Gasteiger partial charge in [0.15, 0.2) is 0 Å². The van der Waals surface area contributed by atoms with Crippen LogP contribution in [-0.2, 0) is 6.42 Å². The van der Waals surface area contributed by atoms with Crippen LogP contribution in [0.1, 0.15) is 5.56 Å². The highest BCUT2D eigenvalue weighted by Crippen LogP contribution is 2.22. The molecule has 0 fully saturated rings. The Morgan fingerprint density at radius 2 is 2.18 bits per heavy atom. The maximum Gasteiger partial charge on any atom is 0.336 e. The van der Waals surface area contributed by atoms with Crippen molar-refractivity contribution in [1.82, 2.24) is 5.32 Å². The van der Waals surface area contributed by atoms with Crippen LogP contribution in [0.3, 0.4) is 0 Å². The van der Waals surface area contributed by atoms with Crippen LogP contribution < -0.4 is 15.7 Å². The molecule has 2 aromatic rings. The van der Waals surface area contributed by atoms with E-state index in [1.54, 1.807) is 19.2 Å². The average Bonchev–Trinajstić information content (AvgIpc) is 2.34. The summed E-state index contributed by atoms with van der Waals surface area (Å²) in [6, 6.07) is 7.07. The van der Waals surface area contributed by atoms with Gasteiger partial charge in [-0.3, -0.25) is 0 Å². The van der Waals surface area contributed by atoms with Gasteiger partial charge in [0, 0.05) is 17.5 Å². The van der Waals surface area contributed by atoms with Crippen LogP contribution in [-0.4, -0.2) is 20.7 Å². The summed E-state index contributed by atoms with van der Waals surface area (Å²) in [5.74, 6) is 0.686. The molecule has 0 bridgehead atoms. The Balaban J connectivity index is 2.55. The number of nitrogens with one attached hydrogen (secondary N) is 1. The van der Waals surface area contributed by atoms with Crippen molar-refractivity contribution in [1.29, 1.82) is 0 Å². The smallest absolute Gasteiger partial charge is 0.336 e. The van der Waals surface area contributed by atoms with Crippen molar-refractivity contribution < 1.29 is 9.15 Å². The maximum absolute atomic E-state index is 11.4. The number of fused-ring (bicyclic) bond motifs is 1. The lowest BCUT2D eigenvalue weighted by atomic mass is 10.1. The first-order valence-corrected chi connectivity index (χ1v) is 5.50. The summed E-state index contributed by atoms with van der Waals surface area (Å²) in [6.45, 7) is 0.824. The van der Waals surface area contributed by atoms with Gasteiger partial charge >= 0.3 is 5.63 Å². The summed E-state index contributed by atoms with van der Waals surface area (Å²) in [5.41, 5.74) is 1.24. The molecule has 1 aromatic heterocycles. The first-order valence-electron chi connectivity index (χ1n) is 5.50. The van der Waals surface area contributed by atoms with Gasteiger partial charge in [-0.2, -0.15) is 0 Å². The highest BCUT2D eigenvalue weighted by atomic mass is 16.5. The first-order chi connectivity index (χ1) is 8.24. The summed E-state index contributed by atoms with van der Waals surface area (Å²) in [7, 11) is 3.47. The lowest BCUT2D eigenvalue weighted by Gasteiger charge is -2.06. The molecule has 0 aliphatic heterocycles. The largest absolute Gasteiger partial charge is 0.497 e. The highest BCUT2D eigenvalue weighted by Gasteiger charge is 2.06. The molecule has 1 heterocycles. The molecular weight excluding hydrogens is 218 g/mol. The first kappa shape index (κ1) is 11.7. The molecule has 1 N–H and O–H groups in total. The Bertz CT molecular complexity index is 574. The Kier molecular flexibility index (Phi) is 3.44. The number of likely N-dealkylation sites (N-methyl/N-ethyl adjacent to an activating group) is 1. The Hall–Kier alpha value is -1.81. The minimum atomic E-state index is -0.322. The minimum absolute atomic E-state index is 0.322. The van der Waals surface area contributed by atoms with Crippen LogP contribution in [0.25, 0.3) is 11.0 Å².